The van der Waals surface area contributed by atoms with E-state index in [1.54, 1.807) is 0 Å². The van der Waals surface area contributed by atoms with Crippen LogP contribution in [0.25, 0.3) is 0 Å². The SMILES string of the molecule is CCCOCCN(CC)C(=O)C(F)(F)C(F)(F)C(F)(F)C(F)(F)C(F)(F)C(F)(F)C(F)(F)C(F)(F)F. The fourth-order valence-electron chi connectivity index (χ4n) is 2.32. The van der Waals surface area contributed by atoms with Crippen molar-refractivity contribution in [2.45, 2.75) is 67.9 Å². The predicted molar refractivity (Wildman–Crippen MR) is 84.0 cm³/mol. The number of carbonyl (C=O) groups excluding carboxylic acids is 1. The number of hydrogen-bond acceptors (Lipinski definition) is 2. The van der Waals surface area contributed by atoms with Gasteiger partial charge in [-0.1, -0.05) is 6.92 Å². The number of carbonyl (C=O) groups is 1. The maximum Gasteiger partial charge on any atom is 0.460 e. The Hall–Kier alpha value is -1.76. The van der Waals surface area contributed by atoms with Gasteiger partial charge in [0.05, 0.1) is 6.61 Å². The molecule has 3 nitrogen and oxygen atoms in total. The highest BCUT2D eigenvalue weighted by molar-refractivity contribution is 5.85. The first-order valence-corrected chi connectivity index (χ1v) is 9.26. The van der Waals surface area contributed by atoms with E-state index in [0.29, 0.717) is 6.42 Å². The van der Waals surface area contributed by atoms with E-state index in [1.807, 2.05) is 0 Å². The van der Waals surface area contributed by atoms with Gasteiger partial charge in [-0.25, -0.2) is 0 Å². The molecule has 0 unspecified atom stereocenters. The van der Waals surface area contributed by atoms with Gasteiger partial charge in [-0.3, -0.25) is 4.79 Å². The molecule has 0 saturated carbocycles. The highest BCUT2D eigenvalue weighted by Gasteiger charge is 2.95. The van der Waals surface area contributed by atoms with Crippen LogP contribution in [0.4, 0.5) is 74.6 Å². The van der Waals surface area contributed by atoms with Crippen LogP contribution in [0.3, 0.4) is 0 Å². The van der Waals surface area contributed by atoms with Crippen LogP contribution < -0.4 is 0 Å². The molecular weight excluding hydrogens is 561 g/mol. The molecule has 0 heterocycles. The van der Waals surface area contributed by atoms with Crippen molar-refractivity contribution in [3.8, 4) is 0 Å². The van der Waals surface area contributed by atoms with Gasteiger partial charge in [0.2, 0.25) is 0 Å². The number of rotatable bonds is 13. The molecular formula is C16H16F17NO2. The molecule has 0 saturated heterocycles. The van der Waals surface area contributed by atoms with E-state index in [4.69, 9.17) is 0 Å². The van der Waals surface area contributed by atoms with Gasteiger partial charge in [0.1, 0.15) is 0 Å². The highest BCUT2D eigenvalue weighted by atomic mass is 19.4. The first kappa shape index (κ1) is 34.2. The molecule has 0 rings (SSSR count). The fraction of sp³-hybridized carbons (Fsp3) is 0.938. The Morgan fingerprint density at radius 2 is 0.944 bits per heavy atom. The monoisotopic (exact) mass is 577 g/mol. The van der Waals surface area contributed by atoms with Crippen LogP contribution in [0.15, 0.2) is 0 Å². The maximum atomic E-state index is 14.0. The molecule has 0 aliphatic rings. The molecule has 0 aromatic rings. The summed E-state index contributed by atoms with van der Waals surface area (Å²) in [5, 5.41) is 0. The van der Waals surface area contributed by atoms with Crippen LogP contribution in [0.1, 0.15) is 20.3 Å². The van der Waals surface area contributed by atoms with Gasteiger partial charge < -0.3 is 9.64 Å². The second-order valence-electron chi connectivity index (χ2n) is 7.02. The van der Waals surface area contributed by atoms with Gasteiger partial charge in [-0.2, -0.15) is 74.6 Å². The molecule has 0 radical (unpaired) electrons. The van der Waals surface area contributed by atoms with Crippen LogP contribution in [0.5, 0.6) is 0 Å². The summed E-state index contributed by atoms with van der Waals surface area (Å²) in [6, 6.07) is 0. The van der Waals surface area contributed by atoms with Crippen LogP contribution in [0, 0.1) is 0 Å². The standard InChI is InChI=1S/C16H16F17NO2/c1-3-6-36-7-5-34(4-2)8(35)9(17,18)10(19,20)11(21,22)12(23,24)13(25,26)14(27,28)15(29,30)16(31,32)33/h3-7H2,1-2H3. The zero-order valence-corrected chi connectivity index (χ0v) is 17.7. The number of amides is 1. The van der Waals surface area contributed by atoms with Gasteiger partial charge in [-0.05, 0) is 13.3 Å². The number of likely N-dealkylation sites (N-methyl/N-ethyl adjacent to an activating group) is 1. The smallest absolute Gasteiger partial charge is 0.380 e. The number of nitrogens with zero attached hydrogens (tertiary/aromatic N) is 1. The fourth-order valence-corrected chi connectivity index (χ4v) is 2.32. The molecule has 1 amide bonds. The minimum absolute atomic E-state index is 0.103. The summed E-state index contributed by atoms with van der Waals surface area (Å²) in [6.45, 7) is -0.675. The highest BCUT2D eigenvalue weighted by Crippen LogP contribution is 2.64. The third kappa shape index (κ3) is 5.01. The zero-order chi connectivity index (χ0) is 29.4. The Balaban J connectivity index is 6.56. The molecule has 216 valence electrons. The average Bonchev–Trinajstić information content (AvgIpc) is 2.71. The van der Waals surface area contributed by atoms with Crippen molar-refractivity contribution in [3.63, 3.8) is 0 Å². The quantitative estimate of drug-likeness (QED) is 0.191. The second-order valence-corrected chi connectivity index (χ2v) is 7.02. The Bertz CT molecular complexity index is 762. The minimum Gasteiger partial charge on any atom is -0.380 e. The van der Waals surface area contributed by atoms with Gasteiger partial charge in [0.15, 0.2) is 0 Å². The van der Waals surface area contributed by atoms with Crippen molar-refractivity contribution in [1.29, 1.82) is 0 Å². The normalized spacial score (nSPS) is 15.3. The van der Waals surface area contributed by atoms with Crippen molar-refractivity contribution in [2.24, 2.45) is 0 Å². The summed E-state index contributed by atoms with van der Waals surface area (Å²) in [7, 11) is 0. The molecule has 0 fully saturated rings. The summed E-state index contributed by atoms with van der Waals surface area (Å²) >= 11 is 0. The zero-order valence-electron chi connectivity index (χ0n) is 17.7. The van der Waals surface area contributed by atoms with Gasteiger partial charge in [0, 0.05) is 19.7 Å². The molecule has 0 aliphatic carbocycles. The average molecular weight is 577 g/mol. The molecule has 0 bridgehead atoms. The number of alkyl halides is 17. The minimum atomic E-state index is -8.73. The molecule has 36 heavy (non-hydrogen) atoms. The van der Waals surface area contributed by atoms with Crippen molar-refractivity contribution in [2.75, 3.05) is 26.3 Å². The number of halogens is 17. The molecule has 0 spiro atoms. The number of hydrogen-bond donors (Lipinski definition) is 0. The van der Waals surface area contributed by atoms with E-state index < -0.39 is 78.1 Å². The Labute approximate surface area is 190 Å². The third-order valence-electron chi connectivity index (χ3n) is 4.51. The van der Waals surface area contributed by atoms with Crippen LogP contribution in [-0.4, -0.2) is 84.7 Å². The predicted octanol–water partition coefficient (Wildman–Crippen LogP) is 6.27. The Morgan fingerprint density at radius 3 is 1.28 bits per heavy atom. The van der Waals surface area contributed by atoms with Gasteiger partial charge in [-0.15, -0.1) is 0 Å². The summed E-state index contributed by atoms with van der Waals surface area (Å²) in [6.07, 6.45) is -7.53. The van der Waals surface area contributed by atoms with Crippen LogP contribution >= 0.6 is 0 Å². The van der Waals surface area contributed by atoms with E-state index in [2.05, 4.69) is 4.74 Å². The second kappa shape index (κ2) is 10.2. The van der Waals surface area contributed by atoms with Crippen LogP contribution in [-0.2, 0) is 9.53 Å². The van der Waals surface area contributed by atoms with Crippen LogP contribution in [0.2, 0.25) is 0 Å². The third-order valence-corrected chi connectivity index (χ3v) is 4.51. The molecule has 0 aliphatic heterocycles. The Morgan fingerprint density at radius 1 is 0.583 bits per heavy atom. The summed E-state index contributed by atoms with van der Waals surface area (Å²) < 4.78 is 230. The lowest BCUT2D eigenvalue weighted by Gasteiger charge is -2.42. The largest absolute Gasteiger partial charge is 0.460 e. The lowest BCUT2D eigenvalue weighted by molar-refractivity contribution is -0.459. The van der Waals surface area contributed by atoms with Crippen molar-refractivity contribution >= 4 is 5.91 Å². The lowest BCUT2D eigenvalue weighted by Crippen LogP contribution is -2.75. The number of ether oxygens (including phenoxy) is 1. The van der Waals surface area contributed by atoms with E-state index in [-0.39, 0.29) is 6.61 Å². The van der Waals surface area contributed by atoms with E-state index in [0.717, 1.165) is 6.92 Å². The van der Waals surface area contributed by atoms with Crippen molar-refractivity contribution < 1.29 is 84.2 Å². The molecule has 0 aromatic carbocycles. The van der Waals surface area contributed by atoms with Crippen molar-refractivity contribution in [3.05, 3.63) is 0 Å². The summed E-state index contributed by atoms with van der Waals surface area (Å²) in [5.41, 5.74) is 0. The molecule has 0 atom stereocenters. The van der Waals surface area contributed by atoms with Gasteiger partial charge >= 0.3 is 47.6 Å². The maximum absolute atomic E-state index is 14.0. The lowest BCUT2D eigenvalue weighted by atomic mass is 9.88. The Kier molecular flexibility index (Phi) is 9.69. The van der Waals surface area contributed by atoms with E-state index >= 15 is 0 Å². The van der Waals surface area contributed by atoms with E-state index in [9.17, 15) is 79.4 Å². The van der Waals surface area contributed by atoms with Gasteiger partial charge in [0.25, 0.3) is 5.91 Å². The topological polar surface area (TPSA) is 29.5 Å². The molecule has 0 N–H and O–H groups in total. The first-order chi connectivity index (χ1) is 15.7. The summed E-state index contributed by atoms with van der Waals surface area (Å²) in [5.74, 6) is -61.3. The van der Waals surface area contributed by atoms with Crippen molar-refractivity contribution in [1.82, 2.24) is 4.90 Å². The first-order valence-electron chi connectivity index (χ1n) is 9.26. The molecule has 0 aromatic heterocycles. The molecule has 20 heteroatoms. The summed E-state index contributed by atoms with van der Waals surface area (Å²) in [4.78, 5) is 11.3. The van der Waals surface area contributed by atoms with E-state index in [1.165, 1.54) is 6.92 Å².